The SMILES string of the molecule is CCCCCOC(=O)c1ccc(N2C(=O)C=CC2=O)c([Si](C)(O[Si](C)(C)C)O[Si](C)(C)C)c1. The van der Waals surface area contributed by atoms with Crippen LogP contribution in [0.4, 0.5) is 5.69 Å². The van der Waals surface area contributed by atoms with Crippen LogP contribution in [0.25, 0.3) is 0 Å². The summed E-state index contributed by atoms with van der Waals surface area (Å²) in [6, 6.07) is 4.92. The zero-order valence-corrected chi connectivity index (χ0v) is 24.1. The number of esters is 1. The Morgan fingerprint density at radius 3 is 1.91 bits per heavy atom. The molecule has 33 heavy (non-hydrogen) atoms. The molecule has 1 aromatic rings. The summed E-state index contributed by atoms with van der Waals surface area (Å²) >= 11 is 0. The van der Waals surface area contributed by atoms with Gasteiger partial charge >= 0.3 is 14.5 Å². The Balaban J connectivity index is 2.61. The highest BCUT2D eigenvalue weighted by atomic mass is 28.5. The predicted octanol–water partition coefficient (Wildman–Crippen LogP) is 4.45. The molecule has 0 radical (unpaired) electrons. The molecule has 7 nitrogen and oxygen atoms in total. The first-order valence-electron chi connectivity index (χ1n) is 11.4. The number of imide groups is 1. The molecule has 10 heteroatoms. The molecule has 0 saturated carbocycles. The third-order valence-electron chi connectivity index (χ3n) is 4.75. The Bertz CT molecular complexity index is 899. The first-order chi connectivity index (χ1) is 15.2. The number of hydrogen-bond acceptors (Lipinski definition) is 6. The fraction of sp³-hybridized carbons (Fsp3) is 0.522. The summed E-state index contributed by atoms with van der Waals surface area (Å²) in [5.74, 6) is -1.28. The number of rotatable bonds is 11. The molecule has 0 aromatic heterocycles. The Morgan fingerprint density at radius 2 is 1.42 bits per heavy atom. The number of carbonyl (C=O) groups is 3. The van der Waals surface area contributed by atoms with Gasteiger partial charge in [0.15, 0.2) is 16.6 Å². The molecule has 182 valence electrons. The molecular weight excluding hydrogens is 471 g/mol. The van der Waals surface area contributed by atoms with Crippen LogP contribution in [0.2, 0.25) is 45.8 Å². The van der Waals surface area contributed by atoms with Crippen molar-refractivity contribution in [3.05, 3.63) is 35.9 Å². The number of nitrogens with zero attached hydrogens (tertiary/aromatic N) is 1. The van der Waals surface area contributed by atoms with Crippen LogP contribution in [-0.4, -0.2) is 49.6 Å². The molecule has 2 rings (SSSR count). The number of anilines is 1. The zero-order valence-electron chi connectivity index (χ0n) is 21.1. The largest absolute Gasteiger partial charge is 0.462 e. The van der Waals surface area contributed by atoms with Crippen LogP contribution < -0.4 is 10.1 Å². The first-order valence-corrected chi connectivity index (χ1v) is 20.6. The van der Waals surface area contributed by atoms with Crippen LogP contribution in [-0.2, 0) is 22.6 Å². The van der Waals surface area contributed by atoms with E-state index in [1.165, 1.54) is 12.2 Å². The lowest BCUT2D eigenvalue weighted by Gasteiger charge is -2.40. The van der Waals surface area contributed by atoms with Crippen LogP contribution >= 0.6 is 0 Å². The minimum Gasteiger partial charge on any atom is -0.462 e. The van der Waals surface area contributed by atoms with E-state index in [0.29, 0.717) is 23.0 Å². The average molecular weight is 508 g/mol. The van der Waals surface area contributed by atoms with Gasteiger partial charge in [-0.25, -0.2) is 9.69 Å². The van der Waals surface area contributed by atoms with Gasteiger partial charge < -0.3 is 13.0 Å². The molecule has 0 fully saturated rings. The van der Waals surface area contributed by atoms with Gasteiger partial charge in [-0.05, 0) is 70.4 Å². The van der Waals surface area contributed by atoms with Gasteiger partial charge in [0.05, 0.1) is 17.9 Å². The highest BCUT2D eigenvalue weighted by Gasteiger charge is 2.46. The third kappa shape index (κ3) is 7.57. The Hall–Kier alpha value is -1.86. The lowest BCUT2D eigenvalue weighted by Crippen LogP contribution is -2.61. The lowest BCUT2D eigenvalue weighted by molar-refractivity contribution is -0.119. The molecule has 0 spiro atoms. The summed E-state index contributed by atoms with van der Waals surface area (Å²) in [7, 11) is -7.36. The number of amides is 2. The number of unbranched alkanes of at least 4 members (excludes halogenated alkanes) is 2. The standard InChI is InChI=1S/C23H37NO6Si3/c1-9-10-11-16-28-23(27)18-12-13-19(24-21(25)14-15-22(24)26)20(17-18)33(8,29-31(2,3)4)30-32(5,6)7/h12-15,17H,9-11,16H2,1-8H3. The minimum atomic E-state index is -3.15. The van der Waals surface area contributed by atoms with E-state index in [1.54, 1.807) is 18.2 Å². The molecule has 0 N–H and O–H groups in total. The monoisotopic (exact) mass is 507 g/mol. The van der Waals surface area contributed by atoms with E-state index in [9.17, 15) is 14.4 Å². The third-order valence-corrected chi connectivity index (χ3v) is 14.1. The van der Waals surface area contributed by atoms with Gasteiger partial charge in [0.1, 0.15) is 0 Å². The van der Waals surface area contributed by atoms with Gasteiger partial charge in [0.2, 0.25) is 0 Å². The van der Waals surface area contributed by atoms with Gasteiger partial charge in [-0.1, -0.05) is 19.8 Å². The summed E-state index contributed by atoms with van der Waals surface area (Å²) in [4.78, 5) is 39.0. The maximum absolute atomic E-state index is 12.8. The Kier molecular flexibility index (Phi) is 8.80. The summed E-state index contributed by atoms with van der Waals surface area (Å²) in [6.45, 7) is 16.8. The van der Waals surface area contributed by atoms with Crippen molar-refractivity contribution >= 4 is 53.9 Å². The highest BCUT2D eigenvalue weighted by molar-refractivity contribution is 6.94. The van der Waals surface area contributed by atoms with Crippen LogP contribution in [0.3, 0.4) is 0 Å². The van der Waals surface area contributed by atoms with Crippen molar-refractivity contribution in [1.29, 1.82) is 0 Å². The fourth-order valence-electron chi connectivity index (χ4n) is 3.76. The van der Waals surface area contributed by atoms with Crippen molar-refractivity contribution < 1.29 is 27.4 Å². The lowest BCUT2D eigenvalue weighted by atomic mass is 10.2. The van der Waals surface area contributed by atoms with Crippen molar-refractivity contribution in [3.63, 3.8) is 0 Å². The fourth-order valence-corrected chi connectivity index (χ4v) is 15.6. The second-order valence-electron chi connectivity index (χ2n) is 10.3. The quantitative estimate of drug-likeness (QED) is 0.191. The molecule has 1 aliphatic heterocycles. The Morgan fingerprint density at radius 1 is 0.879 bits per heavy atom. The molecular formula is C23H37NO6Si3. The van der Waals surface area contributed by atoms with E-state index in [1.807, 2.05) is 6.55 Å². The van der Waals surface area contributed by atoms with Crippen molar-refractivity contribution in [2.24, 2.45) is 0 Å². The zero-order chi connectivity index (χ0) is 25.0. The molecule has 1 heterocycles. The van der Waals surface area contributed by atoms with E-state index in [4.69, 9.17) is 13.0 Å². The molecule has 1 aliphatic rings. The highest BCUT2D eigenvalue weighted by Crippen LogP contribution is 2.27. The minimum absolute atomic E-state index is 0.349. The van der Waals surface area contributed by atoms with Crippen LogP contribution in [0, 0.1) is 0 Å². The van der Waals surface area contributed by atoms with E-state index in [2.05, 4.69) is 46.2 Å². The summed E-state index contributed by atoms with van der Waals surface area (Å²) in [5, 5.41) is 0.598. The van der Waals surface area contributed by atoms with Crippen molar-refractivity contribution in [3.8, 4) is 0 Å². The summed E-state index contributed by atoms with van der Waals surface area (Å²) < 4.78 is 18.8. The summed E-state index contributed by atoms with van der Waals surface area (Å²) in [5.41, 5.74) is 0.762. The van der Waals surface area contributed by atoms with E-state index < -0.39 is 43.0 Å². The molecule has 0 unspecified atom stereocenters. The van der Waals surface area contributed by atoms with Crippen LogP contribution in [0.5, 0.6) is 0 Å². The first kappa shape index (κ1) is 27.4. The number of ether oxygens (including phenoxy) is 1. The molecule has 0 atom stereocenters. The van der Waals surface area contributed by atoms with Gasteiger partial charge in [0, 0.05) is 17.3 Å². The van der Waals surface area contributed by atoms with Crippen molar-refractivity contribution in [2.45, 2.75) is 72.0 Å². The van der Waals surface area contributed by atoms with E-state index >= 15 is 0 Å². The molecule has 0 saturated heterocycles. The van der Waals surface area contributed by atoms with Crippen LogP contribution in [0.15, 0.2) is 30.4 Å². The van der Waals surface area contributed by atoms with Crippen LogP contribution in [0.1, 0.15) is 36.5 Å². The maximum Gasteiger partial charge on any atom is 0.350 e. The van der Waals surface area contributed by atoms with E-state index in [0.717, 1.165) is 24.2 Å². The smallest absolute Gasteiger partial charge is 0.350 e. The average Bonchev–Trinajstić information content (AvgIpc) is 2.99. The summed E-state index contributed by atoms with van der Waals surface area (Å²) in [6.07, 6.45) is 5.33. The predicted molar refractivity (Wildman–Crippen MR) is 138 cm³/mol. The van der Waals surface area contributed by atoms with Crippen molar-refractivity contribution in [1.82, 2.24) is 0 Å². The second-order valence-corrected chi connectivity index (χ2v) is 22.8. The van der Waals surface area contributed by atoms with Gasteiger partial charge in [-0.2, -0.15) is 0 Å². The molecule has 2 amide bonds. The molecule has 1 aromatic carbocycles. The molecule has 0 bridgehead atoms. The van der Waals surface area contributed by atoms with Gasteiger partial charge in [-0.15, -0.1) is 0 Å². The van der Waals surface area contributed by atoms with Gasteiger partial charge in [0.25, 0.3) is 11.8 Å². The normalized spacial score (nSPS) is 14.8. The number of carbonyl (C=O) groups excluding carboxylic acids is 3. The molecule has 0 aliphatic carbocycles. The second kappa shape index (κ2) is 10.6. The van der Waals surface area contributed by atoms with Gasteiger partial charge in [-0.3, -0.25) is 9.59 Å². The number of benzene rings is 1. The maximum atomic E-state index is 12.8. The Labute approximate surface area is 200 Å². The van der Waals surface area contributed by atoms with E-state index in [-0.39, 0.29) is 0 Å². The van der Waals surface area contributed by atoms with Crippen molar-refractivity contribution in [2.75, 3.05) is 11.5 Å². The topological polar surface area (TPSA) is 82.1 Å². The number of hydrogen-bond donors (Lipinski definition) is 0.